The van der Waals surface area contributed by atoms with Gasteiger partial charge >= 0.3 is 11.9 Å². The molecule has 1 amide bonds. The number of rotatable bonds is 6. The Morgan fingerprint density at radius 2 is 1.74 bits per heavy atom. The summed E-state index contributed by atoms with van der Waals surface area (Å²) in [7, 11) is 0. The number of amides is 1. The number of fused-ring (bicyclic) bond motifs is 2. The van der Waals surface area contributed by atoms with Gasteiger partial charge in [0.1, 0.15) is 0 Å². The standard InChI is InChI=1S/C13H17NO5/c15-9(16)2-1-5-14-12(17)10-7-3-4-8(6-7)11(10)13(18)19/h3-4,7-8,10-11H,1-2,5-6H2,(H,14,17)(H,15,16)(H,18,19). The van der Waals surface area contributed by atoms with Gasteiger partial charge in [-0.25, -0.2) is 0 Å². The monoisotopic (exact) mass is 267 g/mol. The van der Waals surface area contributed by atoms with E-state index in [0.717, 1.165) is 6.42 Å². The van der Waals surface area contributed by atoms with Crippen LogP contribution in [0.4, 0.5) is 0 Å². The number of hydrogen-bond acceptors (Lipinski definition) is 3. The van der Waals surface area contributed by atoms with Crippen molar-refractivity contribution in [2.75, 3.05) is 6.54 Å². The minimum Gasteiger partial charge on any atom is -0.481 e. The normalized spacial score (nSPS) is 31.4. The third-order valence-electron chi connectivity index (χ3n) is 3.91. The lowest BCUT2D eigenvalue weighted by atomic mass is 9.82. The summed E-state index contributed by atoms with van der Waals surface area (Å²) >= 11 is 0. The van der Waals surface area contributed by atoms with Gasteiger partial charge in [0.25, 0.3) is 0 Å². The third kappa shape index (κ3) is 2.77. The largest absolute Gasteiger partial charge is 0.481 e. The van der Waals surface area contributed by atoms with Crippen molar-refractivity contribution in [1.82, 2.24) is 5.32 Å². The van der Waals surface area contributed by atoms with Gasteiger partial charge in [0.2, 0.25) is 5.91 Å². The van der Waals surface area contributed by atoms with Crippen molar-refractivity contribution in [3.63, 3.8) is 0 Å². The van der Waals surface area contributed by atoms with Crippen LogP contribution < -0.4 is 5.32 Å². The summed E-state index contributed by atoms with van der Waals surface area (Å²) in [6, 6.07) is 0. The van der Waals surface area contributed by atoms with Crippen molar-refractivity contribution < 1.29 is 24.6 Å². The smallest absolute Gasteiger partial charge is 0.307 e. The summed E-state index contributed by atoms with van der Waals surface area (Å²) in [5.74, 6) is -3.30. The van der Waals surface area contributed by atoms with Crippen LogP contribution in [0.5, 0.6) is 0 Å². The first kappa shape index (κ1) is 13.6. The Hall–Kier alpha value is -1.85. The van der Waals surface area contributed by atoms with Gasteiger partial charge in [0.15, 0.2) is 0 Å². The van der Waals surface area contributed by atoms with E-state index in [0.29, 0.717) is 6.42 Å². The Labute approximate surface area is 110 Å². The molecule has 1 fully saturated rings. The number of aliphatic carboxylic acids is 2. The van der Waals surface area contributed by atoms with E-state index in [4.69, 9.17) is 5.11 Å². The van der Waals surface area contributed by atoms with Gasteiger partial charge in [-0.05, 0) is 24.7 Å². The third-order valence-corrected chi connectivity index (χ3v) is 3.91. The van der Waals surface area contributed by atoms with E-state index in [1.165, 1.54) is 0 Å². The second-order valence-corrected chi connectivity index (χ2v) is 5.13. The molecule has 0 spiro atoms. The van der Waals surface area contributed by atoms with Gasteiger partial charge in [0, 0.05) is 13.0 Å². The van der Waals surface area contributed by atoms with Crippen molar-refractivity contribution >= 4 is 17.8 Å². The van der Waals surface area contributed by atoms with Crippen LogP contribution in [0.25, 0.3) is 0 Å². The fourth-order valence-corrected chi connectivity index (χ4v) is 3.09. The SMILES string of the molecule is O=C(O)CCCNC(=O)C1C2C=CC(C2)C1C(=O)O. The van der Waals surface area contributed by atoms with E-state index in [2.05, 4.69) is 5.32 Å². The van der Waals surface area contributed by atoms with Gasteiger partial charge in [0.05, 0.1) is 11.8 Å². The minimum atomic E-state index is -0.928. The Morgan fingerprint density at radius 1 is 1.11 bits per heavy atom. The molecule has 1 saturated carbocycles. The summed E-state index contributed by atoms with van der Waals surface area (Å²) in [4.78, 5) is 33.6. The fraction of sp³-hybridized carbons (Fsp3) is 0.615. The molecule has 6 nitrogen and oxygen atoms in total. The summed E-state index contributed by atoms with van der Waals surface area (Å²) < 4.78 is 0. The Kier molecular flexibility index (Phi) is 3.87. The zero-order valence-electron chi connectivity index (χ0n) is 10.4. The number of allylic oxidation sites excluding steroid dienone is 2. The number of carboxylic acids is 2. The second kappa shape index (κ2) is 5.42. The number of hydrogen-bond donors (Lipinski definition) is 3. The van der Waals surface area contributed by atoms with Crippen molar-refractivity contribution in [1.29, 1.82) is 0 Å². The van der Waals surface area contributed by atoms with E-state index in [1.807, 2.05) is 12.2 Å². The number of nitrogens with one attached hydrogen (secondary N) is 1. The average Bonchev–Trinajstić information content (AvgIpc) is 2.93. The van der Waals surface area contributed by atoms with Crippen LogP contribution in [-0.4, -0.2) is 34.6 Å². The second-order valence-electron chi connectivity index (χ2n) is 5.13. The molecule has 4 unspecified atom stereocenters. The predicted molar refractivity (Wildman–Crippen MR) is 65.2 cm³/mol. The molecule has 0 aromatic carbocycles. The lowest BCUT2D eigenvalue weighted by Gasteiger charge is -2.23. The van der Waals surface area contributed by atoms with E-state index in [1.54, 1.807) is 0 Å². The lowest BCUT2D eigenvalue weighted by molar-refractivity contribution is -0.147. The molecular weight excluding hydrogens is 250 g/mol. The molecule has 0 heterocycles. The summed E-state index contributed by atoms with van der Waals surface area (Å²) in [5, 5.41) is 20.3. The molecule has 3 N–H and O–H groups in total. The maximum absolute atomic E-state index is 12.0. The van der Waals surface area contributed by atoms with Crippen LogP contribution >= 0.6 is 0 Å². The van der Waals surface area contributed by atoms with Crippen molar-refractivity contribution in [2.24, 2.45) is 23.7 Å². The molecule has 0 aliphatic heterocycles. The Morgan fingerprint density at radius 3 is 2.32 bits per heavy atom. The quantitative estimate of drug-likeness (QED) is 0.480. The fourth-order valence-electron chi connectivity index (χ4n) is 3.09. The van der Waals surface area contributed by atoms with E-state index in [-0.39, 0.29) is 30.7 Å². The average molecular weight is 267 g/mol. The Bertz CT molecular complexity index is 431. The highest BCUT2D eigenvalue weighted by Crippen LogP contribution is 2.48. The van der Waals surface area contributed by atoms with Gasteiger partial charge in [-0.1, -0.05) is 12.2 Å². The van der Waals surface area contributed by atoms with Gasteiger partial charge in [-0.2, -0.15) is 0 Å². The van der Waals surface area contributed by atoms with Crippen LogP contribution in [0.2, 0.25) is 0 Å². The van der Waals surface area contributed by atoms with Crippen LogP contribution in [0.3, 0.4) is 0 Å². The maximum Gasteiger partial charge on any atom is 0.307 e. The molecule has 2 bridgehead atoms. The van der Waals surface area contributed by atoms with Crippen LogP contribution in [0.1, 0.15) is 19.3 Å². The topological polar surface area (TPSA) is 104 Å². The van der Waals surface area contributed by atoms with Crippen LogP contribution in [0.15, 0.2) is 12.2 Å². The van der Waals surface area contributed by atoms with Gasteiger partial charge < -0.3 is 15.5 Å². The van der Waals surface area contributed by atoms with Gasteiger partial charge in [-0.15, -0.1) is 0 Å². The van der Waals surface area contributed by atoms with E-state index >= 15 is 0 Å². The van der Waals surface area contributed by atoms with Crippen molar-refractivity contribution in [3.05, 3.63) is 12.2 Å². The minimum absolute atomic E-state index is 0.000732. The first-order chi connectivity index (χ1) is 9.00. The molecule has 19 heavy (non-hydrogen) atoms. The highest BCUT2D eigenvalue weighted by atomic mass is 16.4. The molecule has 2 aliphatic carbocycles. The summed E-state index contributed by atoms with van der Waals surface area (Å²) in [6.45, 7) is 0.273. The Balaban J connectivity index is 1.89. The van der Waals surface area contributed by atoms with Crippen LogP contribution in [-0.2, 0) is 14.4 Å². The number of carboxylic acid groups (broad SMARTS) is 2. The lowest BCUT2D eigenvalue weighted by Crippen LogP contribution is -2.40. The summed E-state index contributed by atoms with van der Waals surface area (Å²) in [5.41, 5.74) is 0. The summed E-state index contributed by atoms with van der Waals surface area (Å²) in [6.07, 6.45) is 4.89. The molecule has 0 aromatic rings. The van der Waals surface area contributed by atoms with Crippen molar-refractivity contribution in [2.45, 2.75) is 19.3 Å². The molecule has 0 aromatic heterocycles. The molecular formula is C13H17NO5. The van der Waals surface area contributed by atoms with Crippen molar-refractivity contribution in [3.8, 4) is 0 Å². The molecule has 4 atom stereocenters. The molecule has 6 heteroatoms. The van der Waals surface area contributed by atoms with Crippen LogP contribution in [0, 0.1) is 23.7 Å². The molecule has 0 radical (unpaired) electrons. The molecule has 0 saturated heterocycles. The zero-order chi connectivity index (χ0) is 14.0. The van der Waals surface area contributed by atoms with E-state index in [9.17, 15) is 19.5 Å². The first-order valence-electron chi connectivity index (χ1n) is 6.41. The number of carbonyl (C=O) groups is 3. The molecule has 104 valence electrons. The highest BCUT2D eigenvalue weighted by molar-refractivity contribution is 5.86. The number of carbonyl (C=O) groups excluding carboxylic acids is 1. The predicted octanol–water partition coefficient (Wildman–Crippen LogP) is 0.490. The maximum atomic E-state index is 12.0. The first-order valence-corrected chi connectivity index (χ1v) is 6.41. The molecule has 2 rings (SSSR count). The highest BCUT2D eigenvalue weighted by Gasteiger charge is 2.51. The van der Waals surface area contributed by atoms with Gasteiger partial charge in [-0.3, -0.25) is 14.4 Å². The molecule has 2 aliphatic rings. The van der Waals surface area contributed by atoms with E-state index < -0.39 is 23.8 Å². The zero-order valence-corrected chi connectivity index (χ0v) is 10.4.